The van der Waals surface area contributed by atoms with Gasteiger partial charge in [-0.15, -0.1) is 0 Å². The van der Waals surface area contributed by atoms with Gasteiger partial charge in [-0.05, 0) is 13.8 Å². The van der Waals surface area contributed by atoms with Crippen LogP contribution in [0.2, 0.25) is 0 Å². The second kappa shape index (κ2) is 5.33. The number of morpholine rings is 1. The standard InChI is InChI=1S/C10H17N3O4S2/c1-6(11)8-5-13(3-4-17-8)19(15,16)9-7(2)12-10(14)18-9/h6,8H,3-5,11H2,1-2H3,(H,12,14). The van der Waals surface area contributed by atoms with Crippen molar-refractivity contribution < 1.29 is 13.2 Å². The summed E-state index contributed by atoms with van der Waals surface area (Å²) < 4.78 is 31.8. The van der Waals surface area contributed by atoms with E-state index in [1.807, 2.05) is 0 Å². The molecule has 1 aliphatic rings. The zero-order valence-electron chi connectivity index (χ0n) is 10.8. The maximum atomic E-state index is 12.5. The maximum Gasteiger partial charge on any atom is 0.305 e. The number of hydrogen-bond donors (Lipinski definition) is 2. The molecule has 2 unspecified atom stereocenters. The van der Waals surface area contributed by atoms with Crippen LogP contribution in [0, 0.1) is 6.92 Å². The molecule has 1 saturated heterocycles. The molecule has 19 heavy (non-hydrogen) atoms. The Bertz CT molecular complexity index is 605. The smallest absolute Gasteiger partial charge is 0.305 e. The van der Waals surface area contributed by atoms with Crippen molar-refractivity contribution in [3.63, 3.8) is 0 Å². The van der Waals surface area contributed by atoms with Crippen LogP contribution in [0.5, 0.6) is 0 Å². The van der Waals surface area contributed by atoms with Crippen LogP contribution in [0.15, 0.2) is 9.00 Å². The van der Waals surface area contributed by atoms with Crippen LogP contribution in [0.4, 0.5) is 0 Å². The van der Waals surface area contributed by atoms with Crippen molar-refractivity contribution in [3.8, 4) is 0 Å². The lowest BCUT2D eigenvalue weighted by Crippen LogP contribution is -2.51. The van der Waals surface area contributed by atoms with E-state index in [4.69, 9.17) is 10.5 Å². The molecule has 1 fully saturated rings. The van der Waals surface area contributed by atoms with Crippen LogP contribution in [0.1, 0.15) is 12.6 Å². The molecule has 0 amide bonds. The van der Waals surface area contributed by atoms with E-state index in [-0.39, 0.29) is 34.3 Å². The molecular weight excluding hydrogens is 290 g/mol. The summed E-state index contributed by atoms with van der Waals surface area (Å²) in [6, 6.07) is -0.246. The van der Waals surface area contributed by atoms with Gasteiger partial charge in [0.2, 0.25) is 0 Å². The molecule has 0 bridgehead atoms. The number of hydrogen-bond acceptors (Lipinski definition) is 6. The number of nitrogens with two attached hydrogens (primary N) is 1. The van der Waals surface area contributed by atoms with Gasteiger partial charge in [0.25, 0.3) is 10.0 Å². The summed E-state index contributed by atoms with van der Waals surface area (Å²) in [7, 11) is -3.65. The SMILES string of the molecule is Cc1[nH]c(=O)sc1S(=O)(=O)N1CCOC(C(C)N)C1. The summed E-state index contributed by atoms with van der Waals surface area (Å²) in [5.41, 5.74) is 6.12. The fourth-order valence-electron chi connectivity index (χ4n) is 1.94. The molecular formula is C10H17N3O4S2. The molecule has 0 aliphatic carbocycles. The second-order valence-corrected chi connectivity index (χ2v) is 7.67. The lowest BCUT2D eigenvalue weighted by atomic mass is 10.2. The molecule has 108 valence electrons. The van der Waals surface area contributed by atoms with Crippen LogP contribution < -0.4 is 10.6 Å². The van der Waals surface area contributed by atoms with E-state index in [0.717, 1.165) is 0 Å². The fraction of sp³-hybridized carbons (Fsp3) is 0.700. The van der Waals surface area contributed by atoms with Crippen molar-refractivity contribution in [2.75, 3.05) is 19.7 Å². The Morgan fingerprint density at radius 3 is 2.79 bits per heavy atom. The van der Waals surface area contributed by atoms with Crippen molar-refractivity contribution in [1.82, 2.24) is 9.29 Å². The number of aromatic nitrogens is 1. The molecule has 1 aromatic heterocycles. The minimum atomic E-state index is -3.65. The minimum Gasteiger partial charge on any atom is -0.374 e. The summed E-state index contributed by atoms with van der Waals surface area (Å²) in [5, 5.41) is 0. The number of ether oxygens (including phenoxy) is 1. The van der Waals surface area contributed by atoms with Gasteiger partial charge < -0.3 is 15.5 Å². The lowest BCUT2D eigenvalue weighted by molar-refractivity contribution is -0.0119. The van der Waals surface area contributed by atoms with E-state index >= 15 is 0 Å². The molecule has 1 aromatic rings. The van der Waals surface area contributed by atoms with Crippen LogP contribution in [-0.4, -0.2) is 49.5 Å². The molecule has 0 radical (unpaired) electrons. The third-order valence-corrected chi connectivity index (χ3v) is 6.45. The second-order valence-electron chi connectivity index (χ2n) is 4.56. The fourth-order valence-corrected chi connectivity index (χ4v) is 4.81. The summed E-state index contributed by atoms with van der Waals surface area (Å²) in [4.78, 5) is 13.4. The first kappa shape index (κ1) is 14.7. The van der Waals surface area contributed by atoms with Gasteiger partial charge in [-0.3, -0.25) is 4.79 Å². The average Bonchev–Trinajstić information content (AvgIpc) is 2.69. The Morgan fingerprint density at radius 1 is 1.58 bits per heavy atom. The van der Waals surface area contributed by atoms with Crippen LogP contribution in [0.3, 0.4) is 0 Å². The topological polar surface area (TPSA) is 105 Å². The van der Waals surface area contributed by atoms with Crippen LogP contribution >= 0.6 is 11.3 Å². The quantitative estimate of drug-likeness (QED) is 0.782. The Labute approximate surface area is 115 Å². The highest BCUT2D eigenvalue weighted by atomic mass is 32.2. The molecule has 3 N–H and O–H groups in total. The van der Waals surface area contributed by atoms with Crippen LogP contribution in [0.25, 0.3) is 0 Å². The van der Waals surface area contributed by atoms with Crippen molar-refractivity contribution in [1.29, 1.82) is 0 Å². The molecule has 2 atom stereocenters. The van der Waals surface area contributed by atoms with Gasteiger partial charge in [-0.2, -0.15) is 4.31 Å². The molecule has 2 rings (SSSR count). The molecule has 7 nitrogen and oxygen atoms in total. The molecule has 9 heteroatoms. The maximum absolute atomic E-state index is 12.5. The molecule has 1 aliphatic heterocycles. The highest BCUT2D eigenvalue weighted by Gasteiger charge is 2.34. The number of nitrogens with one attached hydrogen (secondary N) is 1. The largest absolute Gasteiger partial charge is 0.374 e. The Hall–Kier alpha value is -0.740. The van der Waals surface area contributed by atoms with Crippen molar-refractivity contribution in [2.45, 2.75) is 30.2 Å². The predicted octanol–water partition coefficient (Wildman–Crippen LogP) is -0.518. The van der Waals surface area contributed by atoms with Gasteiger partial charge in [0.1, 0.15) is 0 Å². The van der Waals surface area contributed by atoms with E-state index in [2.05, 4.69) is 4.98 Å². The number of aryl methyl sites for hydroxylation is 1. The monoisotopic (exact) mass is 307 g/mol. The number of aromatic amines is 1. The molecule has 0 saturated carbocycles. The van der Waals surface area contributed by atoms with Crippen LogP contribution in [-0.2, 0) is 14.8 Å². The average molecular weight is 307 g/mol. The highest BCUT2D eigenvalue weighted by Crippen LogP contribution is 2.23. The van der Waals surface area contributed by atoms with E-state index in [9.17, 15) is 13.2 Å². The Morgan fingerprint density at radius 2 is 2.26 bits per heavy atom. The number of nitrogens with zero attached hydrogens (tertiary/aromatic N) is 1. The number of sulfonamides is 1. The van der Waals surface area contributed by atoms with Gasteiger partial charge in [0, 0.05) is 24.8 Å². The molecule has 0 spiro atoms. The van der Waals surface area contributed by atoms with Crippen molar-refractivity contribution in [3.05, 3.63) is 15.4 Å². The zero-order valence-corrected chi connectivity index (χ0v) is 12.4. The van der Waals surface area contributed by atoms with Crippen molar-refractivity contribution in [2.24, 2.45) is 5.73 Å². The van der Waals surface area contributed by atoms with E-state index in [1.54, 1.807) is 13.8 Å². The Balaban J connectivity index is 2.29. The third kappa shape index (κ3) is 2.90. The number of thiazole rings is 1. The van der Waals surface area contributed by atoms with Crippen molar-refractivity contribution >= 4 is 21.4 Å². The van der Waals surface area contributed by atoms with Gasteiger partial charge in [0.15, 0.2) is 4.21 Å². The van der Waals surface area contributed by atoms with Gasteiger partial charge in [-0.1, -0.05) is 11.3 Å². The molecule has 2 heterocycles. The minimum absolute atomic E-state index is 0.0721. The summed E-state index contributed by atoms with van der Waals surface area (Å²) >= 11 is 0.712. The first-order chi connectivity index (χ1) is 8.82. The highest BCUT2D eigenvalue weighted by molar-refractivity contribution is 7.91. The first-order valence-corrected chi connectivity index (χ1v) is 8.15. The lowest BCUT2D eigenvalue weighted by Gasteiger charge is -2.33. The normalized spacial score (nSPS) is 23.4. The Kier molecular flexibility index (Phi) is 4.11. The summed E-state index contributed by atoms with van der Waals surface area (Å²) in [6.07, 6.45) is -0.320. The van der Waals surface area contributed by atoms with Gasteiger partial charge in [-0.25, -0.2) is 8.42 Å². The summed E-state index contributed by atoms with van der Waals surface area (Å²) in [6.45, 7) is 4.15. The molecule has 0 aromatic carbocycles. The zero-order chi connectivity index (χ0) is 14.2. The summed E-state index contributed by atoms with van der Waals surface area (Å²) in [5.74, 6) is 0. The van der Waals surface area contributed by atoms with E-state index < -0.39 is 10.0 Å². The van der Waals surface area contributed by atoms with Gasteiger partial charge in [0.05, 0.1) is 12.7 Å². The third-order valence-electron chi connectivity index (χ3n) is 3.00. The van der Waals surface area contributed by atoms with E-state index in [0.29, 0.717) is 23.6 Å². The first-order valence-electron chi connectivity index (χ1n) is 5.89. The number of H-pyrrole nitrogens is 1. The predicted molar refractivity (Wildman–Crippen MR) is 71.8 cm³/mol. The van der Waals surface area contributed by atoms with Gasteiger partial charge >= 0.3 is 4.87 Å². The number of rotatable bonds is 3. The van der Waals surface area contributed by atoms with E-state index in [1.165, 1.54) is 4.31 Å².